The Morgan fingerprint density at radius 3 is 2.48 bits per heavy atom. The highest BCUT2D eigenvalue weighted by Crippen LogP contribution is 2.35. The fourth-order valence-corrected chi connectivity index (χ4v) is 2.59. The third-order valence-electron chi connectivity index (χ3n) is 3.71. The number of benzene rings is 2. The third-order valence-corrected chi connectivity index (χ3v) is 3.71. The minimum absolute atomic E-state index is 0.0713. The minimum Gasteiger partial charge on any atom is -0.508 e. The van der Waals surface area contributed by atoms with Gasteiger partial charge in [0.2, 0.25) is 0 Å². The van der Waals surface area contributed by atoms with Crippen molar-refractivity contribution in [1.82, 2.24) is 10.5 Å². The first-order valence-corrected chi connectivity index (χ1v) is 6.98. The predicted molar refractivity (Wildman–Crippen MR) is 82.3 cm³/mol. The molecule has 0 radical (unpaired) electrons. The minimum atomic E-state index is -0.770. The molecule has 0 aromatic heterocycles. The molecule has 118 valence electrons. The number of amides is 2. The van der Waals surface area contributed by atoms with E-state index in [1.54, 1.807) is 41.9 Å². The topological polar surface area (TPSA) is 105 Å². The van der Waals surface area contributed by atoms with Crippen LogP contribution in [0.3, 0.4) is 0 Å². The standard InChI is InChI=1S/C16H15N3O4/c20-11-7-5-10(6-8-11)14-9-13(17-19(14)16(22)18-23)12-3-1-2-4-15(12)21/h1-8,14,20-21,23H,9H2,(H,18,22)/t14-/m0/s1. The van der Waals surface area contributed by atoms with Crippen LogP contribution in [0.4, 0.5) is 4.79 Å². The summed E-state index contributed by atoms with van der Waals surface area (Å²) in [5, 5.41) is 33.6. The van der Waals surface area contributed by atoms with Crippen molar-refractivity contribution in [3.63, 3.8) is 0 Å². The van der Waals surface area contributed by atoms with Gasteiger partial charge in [-0.25, -0.2) is 15.3 Å². The number of nitrogens with one attached hydrogen (secondary N) is 1. The number of hydrogen-bond donors (Lipinski definition) is 4. The van der Waals surface area contributed by atoms with Crippen LogP contribution >= 0.6 is 0 Å². The molecule has 1 atom stereocenters. The first-order valence-electron chi connectivity index (χ1n) is 6.98. The smallest absolute Gasteiger partial charge is 0.362 e. The van der Waals surface area contributed by atoms with E-state index in [9.17, 15) is 15.0 Å². The van der Waals surface area contributed by atoms with E-state index in [2.05, 4.69) is 5.10 Å². The van der Waals surface area contributed by atoms with Crippen LogP contribution in [0.5, 0.6) is 11.5 Å². The van der Waals surface area contributed by atoms with Crippen molar-refractivity contribution in [3.05, 3.63) is 59.7 Å². The third kappa shape index (κ3) is 2.82. The Labute approximate surface area is 132 Å². The van der Waals surface area contributed by atoms with Crippen LogP contribution < -0.4 is 5.48 Å². The second-order valence-electron chi connectivity index (χ2n) is 5.14. The van der Waals surface area contributed by atoms with Crippen molar-refractivity contribution in [1.29, 1.82) is 0 Å². The van der Waals surface area contributed by atoms with Gasteiger partial charge in [0.25, 0.3) is 0 Å². The van der Waals surface area contributed by atoms with Gasteiger partial charge in [0.15, 0.2) is 0 Å². The Hall–Kier alpha value is -3.06. The van der Waals surface area contributed by atoms with Gasteiger partial charge in [-0.15, -0.1) is 0 Å². The van der Waals surface area contributed by atoms with Gasteiger partial charge in [-0.1, -0.05) is 24.3 Å². The van der Waals surface area contributed by atoms with Gasteiger partial charge in [0.05, 0.1) is 11.8 Å². The van der Waals surface area contributed by atoms with E-state index < -0.39 is 12.1 Å². The maximum Gasteiger partial charge on any atom is 0.362 e. The highest BCUT2D eigenvalue weighted by molar-refractivity contribution is 6.05. The van der Waals surface area contributed by atoms with Crippen molar-refractivity contribution >= 4 is 11.7 Å². The van der Waals surface area contributed by atoms with Gasteiger partial charge >= 0.3 is 6.03 Å². The predicted octanol–water partition coefficient (Wildman–Crippen LogP) is 2.35. The second kappa shape index (κ2) is 5.98. The Morgan fingerprint density at radius 1 is 1.13 bits per heavy atom. The van der Waals surface area contributed by atoms with Crippen LogP contribution in [-0.2, 0) is 0 Å². The van der Waals surface area contributed by atoms with E-state index in [4.69, 9.17) is 5.21 Å². The molecule has 23 heavy (non-hydrogen) atoms. The Balaban J connectivity index is 1.97. The average Bonchev–Trinajstić information content (AvgIpc) is 3.00. The van der Waals surface area contributed by atoms with Crippen LogP contribution in [-0.4, -0.2) is 32.2 Å². The number of rotatable bonds is 2. The summed E-state index contributed by atoms with van der Waals surface area (Å²) < 4.78 is 0. The molecule has 2 amide bonds. The van der Waals surface area contributed by atoms with Crippen LogP contribution in [0.15, 0.2) is 53.6 Å². The lowest BCUT2D eigenvalue weighted by Crippen LogP contribution is -2.35. The van der Waals surface area contributed by atoms with Crippen molar-refractivity contribution in [2.45, 2.75) is 12.5 Å². The fraction of sp³-hybridized carbons (Fsp3) is 0.125. The molecule has 3 rings (SSSR count). The van der Waals surface area contributed by atoms with Crippen LogP contribution in [0.25, 0.3) is 0 Å². The zero-order valence-corrected chi connectivity index (χ0v) is 12.0. The number of nitrogens with zero attached hydrogens (tertiary/aromatic N) is 2. The van der Waals surface area contributed by atoms with Crippen LogP contribution in [0, 0.1) is 0 Å². The van der Waals surface area contributed by atoms with Gasteiger partial charge < -0.3 is 10.2 Å². The molecule has 0 fully saturated rings. The summed E-state index contributed by atoms with van der Waals surface area (Å²) in [6.45, 7) is 0. The fourth-order valence-electron chi connectivity index (χ4n) is 2.59. The van der Waals surface area contributed by atoms with Crippen LogP contribution in [0.1, 0.15) is 23.6 Å². The highest BCUT2D eigenvalue weighted by Gasteiger charge is 2.33. The van der Waals surface area contributed by atoms with E-state index in [-0.39, 0.29) is 11.5 Å². The summed E-state index contributed by atoms with van der Waals surface area (Å²) in [6.07, 6.45) is 0.371. The lowest BCUT2D eigenvalue weighted by atomic mass is 9.98. The number of carbonyl (C=O) groups excluding carboxylic acids is 1. The largest absolute Gasteiger partial charge is 0.508 e. The zero-order chi connectivity index (χ0) is 16.4. The number of hydrogen-bond acceptors (Lipinski definition) is 5. The summed E-state index contributed by atoms with van der Waals surface area (Å²) >= 11 is 0. The lowest BCUT2D eigenvalue weighted by Gasteiger charge is -2.20. The quantitative estimate of drug-likeness (QED) is 0.504. The van der Waals surface area contributed by atoms with Crippen molar-refractivity contribution in [2.75, 3.05) is 0 Å². The second-order valence-corrected chi connectivity index (χ2v) is 5.14. The number of urea groups is 1. The van der Waals surface area contributed by atoms with Gasteiger partial charge in [0.1, 0.15) is 11.5 Å². The molecule has 2 aromatic rings. The number of phenolic OH excluding ortho intramolecular Hbond substituents is 2. The van der Waals surface area contributed by atoms with E-state index in [1.807, 2.05) is 0 Å². The molecular formula is C16H15N3O4. The van der Waals surface area contributed by atoms with E-state index in [0.717, 1.165) is 10.6 Å². The number of aromatic hydroxyl groups is 2. The van der Waals surface area contributed by atoms with Gasteiger partial charge in [-0.05, 0) is 29.8 Å². The highest BCUT2D eigenvalue weighted by atomic mass is 16.5. The van der Waals surface area contributed by atoms with E-state index in [1.165, 1.54) is 12.1 Å². The van der Waals surface area contributed by atoms with Gasteiger partial charge in [-0.3, -0.25) is 5.21 Å². The van der Waals surface area contributed by atoms with Crippen molar-refractivity contribution in [3.8, 4) is 11.5 Å². The summed E-state index contributed by atoms with van der Waals surface area (Å²) in [5.41, 5.74) is 3.39. The SMILES string of the molecule is O=C(NO)N1N=C(c2ccccc2O)C[C@H]1c1ccc(O)cc1. The number of carbonyl (C=O) groups is 1. The Kier molecular flexibility index (Phi) is 3.86. The number of hydroxylamine groups is 1. The molecule has 0 saturated carbocycles. The van der Waals surface area contributed by atoms with Gasteiger partial charge in [0, 0.05) is 12.0 Å². The maximum atomic E-state index is 11.9. The normalized spacial score (nSPS) is 17.0. The zero-order valence-electron chi connectivity index (χ0n) is 12.0. The molecule has 1 aliphatic rings. The Bertz CT molecular complexity index is 758. The monoisotopic (exact) mass is 313 g/mol. The van der Waals surface area contributed by atoms with Crippen molar-refractivity contribution < 1.29 is 20.2 Å². The van der Waals surface area contributed by atoms with Gasteiger partial charge in [-0.2, -0.15) is 5.10 Å². The number of phenols is 2. The summed E-state index contributed by atoms with van der Waals surface area (Å²) in [5.74, 6) is 0.189. The molecular weight excluding hydrogens is 298 g/mol. The lowest BCUT2D eigenvalue weighted by molar-refractivity contribution is 0.121. The van der Waals surface area contributed by atoms with Crippen molar-refractivity contribution in [2.24, 2.45) is 5.10 Å². The van der Waals surface area contributed by atoms with Crippen LogP contribution in [0.2, 0.25) is 0 Å². The molecule has 1 heterocycles. The van der Waals surface area contributed by atoms with E-state index >= 15 is 0 Å². The molecule has 0 bridgehead atoms. The summed E-state index contributed by atoms with van der Waals surface area (Å²) in [7, 11) is 0. The molecule has 0 aliphatic carbocycles. The molecule has 0 saturated heterocycles. The summed E-state index contributed by atoms with van der Waals surface area (Å²) in [6, 6.07) is 11.9. The molecule has 4 N–H and O–H groups in total. The molecule has 2 aromatic carbocycles. The molecule has 0 unspecified atom stereocenters. The van der Waals surface area contributed by atoms with E-state index in [0.29, 0.717) is 17.7 Å². The maximum absolute atomic E-state index is 11.9. The number of hydrazone groups is 1. The molecule has 0 spiro atoms. The Morgan fingerprint density at radius 2 is 1.83 bits per heavy atom. The number of para-hydroxylation sites is 1. The molecule has 7 heteroatoms. The summed E-state index contributed by atoms with van der Waals surface area (Å²) in [4.78, 5) is 11.9. The first-order chi connectivity index (χ1) is 11.1. The first kappa shape index (κ1) is 14.9. The molecule has 1 aliphatic heterocycles. The average molecular weight is 313 g/mol. The molecule has 7 nitrogen and oxygen atoms in total.